The smallest absolute Gasteiger partial charge is 0.245 e. The number of allylic oxidation sites excluding steroid dienone is 3. The van der Waals surface area contributed by atoms with Gasteiger partial charge in [-0.2, -0.15) is 0 Å². The number of likely N-dealkylation sites (tertiary alicyclic amines) is 1. The van der Waals surface area contributed by atoms with Crippen LogP contribution < -0.4 is 10.6 Å². The Morgan fingerprint density at radius 1 is 0.907 bits per heavy atom. The van der Waals surface area contributed by atoms with Gasteiger partial charge >= 0.3 is 0 Å². The van der Waals surface area contributed by atoms with Gasteiger partial charge in [0.25, 0.3) is 0 Å². The summed E-state index contributed by atoms with van der Waals surface area (Å²) in [5.74, 6) is -1.58. The predicted octanol–water partition coefficient (Wildman–Crippen LogP) is 4.41. The molecule has 0 saturated carbocycles. The lowest BCUT2D eigenvalue weighted by molar-refractivity contribution is -0.148. The highest BCUT2D eigenvalue weighted by atomic mass is 16.5. The van der Waals surface area contributed by atoms with Crippen LogP contribution in [0.15, 0.2) is 24.3 Å². The van der Waals surface area contributed by atoms with Crippen molar-refractivity contribution >= 4 is 23.6 Å². The molecule has 1 unspecified atom stereocenters. The minimum Gasteiger partial charge on any atom is -0.390 e. The Hall–Kier alpha value is -2.80. The van der Waals surface area contributed by atoms with E-state index in [0.717, 1.165) is 12.8 Å². The number of methoxy groups -OCH3 is 2. The summed E-state index contributed by atoms with van der Waals surface area (Å²) in [4.78, 5) is 61.3. The quantitative estimate of drug-likeness (QED) is 0.156. The van der Waals surface area contributed by atoms with Gasteiger partial charge in [-0.25, -0.2) is 0 Å². The maximum absolute atomic E-state index is 14.3. The van der Waals surface area contributed by atoms with Crippen molar-refractivity contribution in [1.29, 1.82) is 0 Å². The van der Waals surface area contributed by atoms with Gasteiger partial charge in [0.1, 0.15) is 6.04 Å². The fraction of sp³-hybridized carbons (Fsp3) is 0.810. The molecular formula is C42H75N5O7. The standard InChI is InChI=1S/C42H75N5O7/c1-15-28(8)37(46(12)42(52)35(25(2)3)44-41(51)36(26(4)5)45(11)27(6)7)33(53-13)24-34(48)47-23-19-22-32(47)39(54-14)29(9)40(50)43-30(10)38(49)31-20-17-16-18-21-31/h16-18,20,25-33,35-39,49H,15,19,21-24H2,1-14H3,(H,43,50)(H,44,51)/t28-,29+,30+,31?,32-,33+,35-,36-,37-,38+,39+/m0/s1. The summed E-state index contributed by atoms with van der Waals surface area (Å²) < 4.78 is 12.0. The number of likely N-dealkylation sites (N-methyl/N-ethyl adjacent to an activating group) is 2. The molecule has 3 N–H and O–H groups in total. The minimum atomic E-state index is -0.762. The summed E-state index contributed by atoms with van der Waals surface area (Å²) in [6.45, 7) is 20.2. The third kappa shape index (κ3) is 12.1. The first-order valence-electron chi connectivity index (χ1n) is 20.3. The van der Waals surface area contributed by atoms with Crippen molar-refractivity contribution in [1.82, 2.24) is 25.3 Å². The van der Waals surface area contributed by atoms with Crippen molar-refractivity contribution in [3.63, 3.8) is 0 Å². The van der Waals surface area contributed by atoms with Crippen molar-refractivity contribution in [3.8, 4) is 0 Å². The molecule has 54 heavy (non-hydrogen) atoms. The molecule has 0 bridgehead atoms. The van der Waals surface area contributed by atoms with Gasteiger partial charge in [0.05, 0.1) is 54.8 Å². The zero-order chi connectivity index (χ0) is 41.0. The number of ether oxygens (including phenoxy) is 2. The van der Waals surface area contributed by atoms with Crippen LogP contribution in [0.3, 0.4) is 0 Å². The van der Waals surface area contributed by atoms with Crippen LogP contribution in [0.1, 0.15) is 101 Å². The zero-order valence-corrected chi connectivity index (χ0v) is 35.9. The van der Waals surface area contributed by atoms with Gasteiger partial charge in [0, 0.05) is 39.8 Å². The molecule has 0 spiro atoms. The van der Waals surface area contributed by atoms with E-state index in [2.05, 4.69) is 24.5 Å². The van der Waals surface area contributed by atoms with E-state index in [-0.39, 0.29) is 65.8 Å². The maximum Gasteiger partial charge on any atom is 0.245 e. The SMILES string of the molecule is CC[C@H](C)[C@@H]([C@@H](CC(=O)N1CCC[C@H]1[C@H](OC)[C@@H](C)C(=O)N[C@H](C)[C@@H](O)C1C=CC=CC1)OC)N(C)C(=O)[C@@H](NC(=O)[C@H](C(C)C)N(C)C(C)C)C(C)C. The fourth-order valence-corrected chi connectivity index (χ4v) is 8.22. The number of nitrogens with zero attached hydrogens (tertiary/aromatic N) is 3. The highest BCUT2D eigenvalue weighted by Crippen LogP contribution is 2.30. The average Bonchev–Trinajstić information content (AvgIpc) is 3.62. The number of carbonyl (C=O) groups is 4. The van der Waals surface area contributed by atoms with Crippen molar-refractivity contribution in [2.75, 3.05) is 34.9 Å². The van der Waals surface area contributed by atoms with E-state index in [1.807, 2.05) is 82.7 Å². The normalized spacial score (nSPS) is 22.5. The summed E-state index contributed by atoms with van der Waals surface area (Å²) in [5, 5.41) is 17.0. The molecule has 12 heteroatoms. The largest absolute Gasteiger partial charge is 0.390 e. The number of carbonyl (C=O) groups excluding carboxylic acids is 4. The fourth-order valence-electron chi connectivity index (χ4n) is 8.22. The Kier molecular flexibility index (Phi) is 19.4. The predicted molar refractivity (Wildman–Crippen MR) is 214 cm³/mol. The van der Waals surface area contributed by atoms with Gasteiger partial charge in [0.15, 0.2) is 0 Å². The van der Waals surface area contributed by atoms with Gasteiger partial charge in [-0.15, -0.1) is 0 Å². The van der Waals surface area contributed by atoms with Crippen LogP contribution in [-0.4, -0.2) is 133 Å². The van der Waals surface area contributed by atoms with Gasteiger partial charge in [0.2, 0.25) is 23.6 Å². The minimum absolute atomic E-state index is 0.0158. The molecule has 1 fully saturated rings. The summed E-state index contributed by atoms with van der Waals surface area (Å²) >= 11 is 0. The van der Waals surface area contributed by atoms with E-state index in [9.17, 15) is 24.3 Å². The van der Waals surface area contributed by atoms with E-state index in [0.29, 0.717) is 19.4 Å². The lowest BCUT2D eigenvalue weighted by Crippen LogP contribution is -2.60. The molecule has 1 saturated heterocycles. The lowest BCUT2D eigenvalue weighted by Gasteiger charge is -2.41. The summed E-state index contributed by atoms with van der Waals surface area (Å²) in [5.41, 5.74) is 0. The van der Waals surface area contributed by atoms with Crippen molar-refractivity contribution in [3.05, 3.63) is 24.3 Å². The number of rotatable bonds is 21. The third-order valence-corrected chi connectivity index (χ3v) is 12.0. The molecule has 0 radical (unpaired) electrons. The van der Waals surface area contributed by atoms with Gasteiger partial charge in [-0.05, 0) is 64.8 Å². The molecule has 2 rings (SSSR count). The Morgan fingerprint density at radius 3 is 2.06 bits per heavy atom. The topological polar surface area (TPSA) is 141 Å². The van der Waals surface area contributed by atoms with Crippen molar-refractivity contribution < 1.29 is 33.8 Å². The average molecular weight is 762 g/mol. The lowest BCUT2D eigenvalue weighted by atomic mass is 9.89. The highest BCUT2D eigenvalue weighted by Gasteiger charge is 2.43. The van der Waals surface area contributed by atoms with Crippen LogP contribution in [0.5, 0.6) is 0 Å². The zero-order valence-electron chi connectivity index (χ0n) is 35.9. The molecule has 1 aliphatic carbocycles. The van der Waals surface area contributed by atoms with E-state index < -0.39 is 48.4 Å². The molecular weight excluding hydrogens is 686 g/mol. The number of hydrogen-bond donors (Lipinski definition) is 3. The molecule has 12 nitrogen and oxygen atoms in total. The van der Waals surface area contributed by atoms with Gasteiger partial charge in [-0.3, -0.25) is 24.1 Å². The number of aliphatic hydroxyl groups is 1. The second-order valence-corrected chi connectivity index (χ2v) is 16.8. The highest BCUT2D eigenvalue weighted by molar-refractivity contribution is 5.90. The van der Waals surface area contributed by atoms with Crippen LogP contribution in [0.25, 0.3) is 0 Å². The van der Waals surface area contributed by atoms with Crippen LogP contribution in [0.2, 0.25) is 0 Å². The van der Waals surface area contributed by atoms with E-state index in [1.165, 1.54) is 0 Å². The van der Waals surface area contributed by atoms with Crippen molar-refractivity contribution in [2.45, 2.75) is 156 Å². The first-order valence-corrected chi connectivity index (χ1v) is 20.3. The molecule has 2 aliphatic rings. The third-order valence-electron chi connectivity index (χ3n) is 12.0. The molecule has 310 valence electrons. The van der Waals surface area contributed by atoms with E-state index in [4.69, 9.17) is 9.47 Å². The first kappa shape index (κ1) is 47.4. The number of hydrogen-bond acceptors (Lipinski definition) is 8. The maximum atomic E-state index is 14.3. The van der Waals surface area contributed by atoms with E-state index in [1.54, 1.807) is 40.0 Å². The molecule has 1 heterocycles. The summed E-state index contributed by atoms with van der Waals surface area (Å²) in [6, 6.07) is -2.26. The molecule has 0 aromatic heterocycles. The molecule has 11 atom stereocenters. The van der Waals surface area contributed by atoms with Gasteiger partial charge in [-0.1, -0.05) is 79.2 Å². The Balaban J connectivity index is 2.25. The van der Waals surface area contributed by atoms with Crippen LogP contribution in [0.4, 0.5) is 0 Å². The summed E-state index contributed by atoms with van der Waals surface area (Å²) in [7, 11) is 6.82. The number of aliphatic hydroxyl groups excluding tert-OH is 1. The molecule has 1 aliphatic heterocycles. The monoisotopic (exact) mass is 762 g/mol. The molecule has 0 aromatic carbocycles. The van der Waals surface area contributed by atoms with Gasteiger partial charge < -0.3 is 35.0 Å². The van der Waals surface area contributed by atoms with E-state index >= 15 is 0 Å². The molecule has 4 amide bonds. The Labute approximate surface area is 326 Å². The summed E-state index contributed by atoms with van der Waals surface area (Å²) in [6.07, 6.45) is 8.85. The van der Waals surface area contributed by atoms with Crippen LogP contribution in [-0.2, 0) is 28.7 Å². The second kappa shape index (κ2) is 22.1. The number of nitrogens with one attached hydrogen (secondary N) is 2. The van der Waals surface area contributed by atoms with Crippen LogP contribution >= 0.6 is 0 Å². The van der Waals surface area contributed by atoms with Crippen molar-refractivity contribution in [2.24, 2.45) is 29.6 Å². The first-order chi connectivity index (χ1) is 25.3. The molecule has 0 aromatic rings. The number of amides is 4. The van der Waals surface area contributed by atoms with Crippen LogP contribution in [0, 0.1) is 29.6 Å². The Bertz CT molecular complexity index is 1270. The Morgan fingerprint density at radius 2 is 1.56 bits per heavy atom. The second-order valence-electron chi connectivity index (χ2n) is 16.8.